The van der Waals surface area contributed by atoms with Crippen LogP contribution in [0.2, 0.25) is 0 Å². The average Bonchev–Trinajstić information content (AvgIpc) is 2.72. The van der Waals surface area contributed by atoms with Crippen LogP contribution in [0.25, 0.3) is 0 Å². The molecule has 2 rings (SSSR count). The van der Waals surface area contributed by atoms with Crippen molar-refractivity contribution in [2.45, 2.75) is 39.0 Å². The Morgan fingerprint density at radius 2 is 1.41 bits per heavy atom. The van der Waals surface area contributed by atoms with E-state index < -0.39 is 17.9 Å². The molecule has 0 saturated carbocycles. The number of hydrogen-bond donors (Lipinski definition) is 2. The molecule has 6 nitrogen and oxygen atoms in total. The van der Waals surface area contributed by atoms with Gasteiger partial charge in [-0.3, -0.25) is 14.9 Å². The summed E-state index contributed by atoms with van der Waals surface area (Å²) in [6.45, 7) is 1.65. The van der Waals surface area contributed by atoms with Crippen LogP contribution < -0.4 is 10.6 Å². The van der Waals surface area contributed by atoms with E-state index in [2.05, 4.69) is 34.9 Å². The van der Waals surface area contributed by atoms with E-state index in [1.54, 1.807) is 6.92 Å². The monoisotopic (exact) mass is 396 g/mol. The van der Waals surface area contributed by atoms with Gasteiger partial charge in [0, 0.05) is 0 Å². The minimum Gasteiger partial charge on any atom is -0.465 e. The van der Waals surface area contributed by atoms with Crippen molar-refractivity contribution >= 4 is 17.9 Å². The first-order valence-electron chi connectivity index (χ1n) is 9.92. The third-order valence-electron chi connectivity index (χ3n) is 4.36. The van der Waals surface area contributed by atoms with Gasteiger partial charge in [-0.2, -0.15) is 0 Å². The first-order valence-corrected chi connectivity index (χ1v) is 9.92. The second-order valence-electron chi connectivity index (χ2n) is 6.72. The fraction of sp³-hybridized carbons (Fsp3) is 0.348. The van der Waals surface area contributed by atoms with Crippen LogP contribution in [0.4, 0.5) is 4.79 Å². The summed E-state index contributed by atoms with van der Waals surface area (Å²) < 4.78 is 4.70. The van der Waals surface area contributed by atoms with Crippen molar-refractivity contribution in [1.82, 2.24) is 10.6 Å². The molecular weight excluding hydrogens is 368 g/mol. The van der Waals surface area contributed by atoms with Gasteiger partial charge in [0.15, 0.2) is 0 Å². The standard InChI is InChI=1S/C23H28N2O4/c1-2-29-22(27)17-24-23(28)25-21(26)16-20-14-12-19(13-15-20)11-7-6-10-18-8-4-3-5-9-18/h3-5,8-9,12-15H,2,6-7,10-11,16-17H2,1H3,(H2,24,25,26,28). The third kappa shape index (κ3) is 9.06. The molecule has 0 unspecified atom stereocenters. The van der Waals surface area contributed by atoms with Crippen molar-refractivity contribution in [2.24, 2.45) is 0 Å². The van der Waals surface area contributed by atoms with Gasteiger partial charge in [0.2, 0.25) is 5.91 Å². The lowest BCUT2D eigenvalue weighted by atomic mass is 10.0. The molecule has 29 heavy (non-hydrogen) atoms. The summed E-state index contributed by atoms with van der Waals surface area (Å²) in [5.74, 6) is -0.976. The highest BCUT2D eigenvalue weighted by Gasteiger charge is 2.10. The van der Waals surface area contributed by atoms with Gasteiger partial charge >= 0.3 is 12.0 Å². The van der Waals surface area contributed by atoms with Crippen molar-refractivity contribution in [3.05, 3.63) is 71.3 Å². The largest absolute Gasteiger partial charge is 0.465 e. The van der Waals surface area contributed by atoms with Crippen LogP contribution in [0.5, 0.6) is 0 Å². The SMILES string of the molecule is CCOC(=O)CNC(=O)NC(=O)Cc1ccc(CCCCc2ccccc2)cc1. The summed E-state index contributed by atoms with van der Waals surface area (Å²) >= 11 is 0. The molecule has 0 aliphatic heterocycles. The van der Waals surface area contributed by atoms with Gasteiger partial charge < -0.3 is 10.1 Å². The molecule has 0 saturated heterocycles. The number of carbonyl (C=O) groups is 3. The Bertz CT molecular complexity index is 788. The Hall–Kier alpha value is -3.15. The zero-order valence-corrected chi connectivity index (χ0v) is 16.8. The number of aryl methyl sites for hydroxylation is 2. The quantitative estimate of drug-likeness (QED) is 0.477. The van der Waals surface area contributed by atoms with Gasteiger partial charge in [-0.15, -0.1) is 0 Å². The summed E-state index contributed by atoms with van der Waals surface area (Å²) in [6.07, 6.45) is 4.42. The third-order valence-corrected chi connectivity index (χ3v) is 4.36. The summed E-state index contributed by atoms with van der Waals surface area (Å²) in [7, 11) is 0. The smallest absolute Gasteiger partial charge is 0.325 e. The maximum absolute atomic E-state index is 11.9. The van der Waals surface area contributed by atoms with Crippen molar-refractivity contribution in [3.8, 4) is 0 Å². The van der Waals surface area contributed by atoms with Gasteiger partial charge in [0.05, 0.1) is 13.0 Å². The van der Waals surface area contributed by atoms with Gasteiger partial charge in [-0.1, -0.05) is 54.6 Å². The van der Waals surface area contributed by atoms with E-state index in [0.717, 1.165) is 31.2 Å². The lowest BCUT2D eigenvalue weighted by molar-refractivity contribution is -0.141. The molecule has 0 atom stereocenters. The number of amides is 3. The normalized spacial score (nSPS) is 10.2. The van der Waals surface area contributed by atoms with E-state index in [1.807, 2.05) is 30.3 Å². The number of imide groups is 1. The van der Waals surface area contributed by atoms with E-state index in [0.29, 0.717) is 0 Å². The van der Waals surface area contributed by atoms with Crippen LogP contribution in [0.1, 0.15) is 36.5 Å². The number of unbranched alkanes of at least 4 members (excludes halogenated alkanes) is 1. The number of nitrogens with one attached hydrogen (secondary N) is 2. The Morgan fingerprint density at radius 3 is 2.03 bits per heavy atom. The molecule has 0 heterocycles. The average molecular weight is 396 g/mol. The highest BCUT2D eigenvalue weighted by Crippen LogP contribution is 2.11. The summed E-state index contributed by atoms with van der Waals surface area (Å²) in [6, 6.07) is 17.6. The predicted molar refractivity (Wildman–Crippen MR) is 111 cm³/mol. The second kappa shape index (κ2) is 12.3. The van der Waals surface area contributed by atoms with E-state index in [9.17, 15) is 14.4 Å². The topological polar surface area (TPSA) is 84.5 Å². The lowest BCUT2D eigenvalue weighted by Gasteiger charge is -2.07. The molecule has 6 heteroatoms. The molecule has 2 N–H and O–H groups in total. The van der Waals surface area contributed by atoms with Crippen LogP contribution in [0.15, 0.2) is 54.6 Å². The maximum Gasteiger partial charge on any atom is 0.325 e. The molecule has 0 spiro atoms. The van der Waals surface area contributed by atoms with Gasteiger partial charge in [-0.05, 0) is 49.3 Å². The van der Waals surface area contributed by atoms with E-state index in [-0.39, 0.29) is 19.6 Å². The summed E-state index contributed by atoms with van der Waals surface area (Å²) in [5.41, 5.74) is 3.42. The van der Waals surface area contributed by atoms with Crippen molar-refractivity contribution in [1.29, 1.82) is 0 Å². The molecule has 0 aliphatic rings. The fourth-order valence-electron chi connectivity index (χ4n) is 2.89. The zero-order chi connectivity index (χ0) is 20.9. The summed E-state index contributed by atoms with van der Waals surface area (Å²) in [4.78, 5) is 34.7. The number of esters is 1. The summed E-state index contributed by atoms with van der Waals surface area (Å²) in [5, 5.41) is 4.49. The molecule has 0 bridgehead atoms. The highest BCUT2D eigenvalue weighted by molar-refractivity contribution is 5.96. The van der Waals surface area contributed by atoms with Crippen molar-refractivity contribution in [3.63, 3.8) is 0 Å². The predicted octanol–water partition coefficient (Wildman–Crippen LogP) is 3.18. The number of rotatable bonds is 10. The number of carbonyl (C=O) groups excluding carboxylic acids is 3. The van der Waals surface area contributed by atoms with Crippen LogP contribution >= 0.6 is 0 Å². The molecule has 0 aromatic heterocycles. The lowest BCUT2D eigenvalue weighted by Crippen LogP contribution is -2.42. The van der Waals surface area contributed by atoms with E-state index >= 15 is 0 Å². The Morgan fingerprint density at radius 1 is 0.828 bits per heavy atom. The molecule has 0 fully saturated rings. The number of urea groups is 1. The molecule has 154 valence electrons. The van der Waals surface area contributed by atoms with Crippen molar-refractivity contribution < 1.29 is 19.1 Å². The molecule has 2 aromatic rings. The molecule has 0 aliphatic carbocycles. The maximum atomic E-state index is 11.9. The van der Waals surface area contributed by atoms with Gasteiger partial charge in [0.1, 0.15) is 6.54 Å². The second-order valence-corrected chi connectivity index (χ2v) is 6.72. The first-order chi connectivity index (χ1) is 14.1. The van der Waals surface area contributed by atoms with Crippen molar-refractivity contribution in [2.75, 3.05) is 13.2 Å². The van der Waals surface area contributed by atoms with Gasteiger partial charge in [-0.25, -0.2) is 4.79 Å². The van der Waals surface area contributed by atoms with Crippen LogP contribution in [-0.2, 0) is 33.6 Å². The fourth-order valence-corrected chi connectivity index (χ4v) is 2.89. The molecule has 3 amide bonds. The van der Waals surface area contributed by atoms with E-state index in [1.165, 1.54) is 11.1 Å². The molecular formula is C23H28N2O4. The van der Waals surface area contributed by atoms with Crippen LogP contribution in [-0.4, -0.2) is 31.1 Å². The van der Waals surface area contributed by atoms with E-state index in [4.69, 9.17) is 4.74 Å². The number of hydrogen-bond acceptors (Lipinski definition) is 4. The molecule has 0 radical (unpaired) electrons. The Kier molecular flexibility index (Phi) is 9.42. The highest BCUT2D eigenvalue weighted by atomic mass is 16.5. The van der Waals surface area contributed by atoms with Gasteiger partial charge in [0.25, 0.3) is 0 Å². The number of ether oxygens (including phenoxy) is 1. The van der Waals surface area contributed by atoms with Crippen LogP contribution in [0.3, 0.4) is 0 Å². The molecule has 2 aromatic carbocycles. The van der Waals surface area contributed by atoms with Crippen LogP contribution in [0, 0.1) is 0 Å². The Labute approximate surface area is 171 Å². The number of benzene rings is 2. The minimum atomic E-state index is -0.710. The minimum absolute atomic E-state index is 0.0983. The first kappa shape index (κ1) is 22.1. The zero-order valence-electron chi connectivity index (χ0n) is 16.8. The Balaban J connectivity index is 1.66.